The Hall–Kier alpha value is -2.52. The van der Waals surface area contributed by atoms with Gasteiger partial charge in [0.15, 0.2) is 11.3 Å². The fourth-order valence-corrected chi connectivity index (χ4v) is 2.32. The number of hydrogen-bond acceptors (Lipinski definition) is 2. The van der Waals surface area contributed by atoms with E-state index in [1.165, 1.54) is 6.07 Å². The van der Waals surface area contributed by atoms with Crippen LogP contribution in [0.5, 0.6) is 0 Å². The summed E-state index contributed by atoms with van der Waals surface area (Å²) in [5, 5.41) is 4.27. The van der Waals surface area contributed by atoms with Gasteiger partial charge in [0.1, 0.15) is 5.69 Å². The summed E-state index contributed by atoms with van der Waals surface area (Å²) in [4.78, 5) is 4.22. The first-order chi connectivity index (χ1) is 10.8. The largest absolute Gasteiger partial charge is 0.433 e. The Morgan fingerprint density at radius 2 is 1.96 bits per heavy atom. The summed E-state index contributed by atoms with van der Waals surface area (Å²) in [5.41, 5.74) is 0.642. The molecule has 2 heterocycles. The van der Waals surface area contributed by atoms with Gasteiger partial charge >= 0.3 is 6.18 Å². The molecule has 116 valence electrons. The van der Waals surface area contributed by atoms with Crippen LogP contribution in [0.4, 0.5) is 13.2 Å². The summed E-state index contributed by atoms with van der Waals surface area (Å²) in [7, 11) is 0. The number of alkyl halides is 3. The first-order valence-electron chi connectivity index (χ1n) is 6.51. The quantitative estimate of drug-likeness (QED) is 0.619. The van der Waals surface area contributed by atoms with E-state index in [-0.39, 0.29) is 17.0 Å². The van der Waals surface area contributed by atoms with Crippen LogP contribution >= 0.6 is 11.6 Å². The van der Waals surface area contributed by atoms with Crippen molar-refractivity contribution in [2.24, 2.45) is 0 Å². The first-order valence-corrected chi connectivity index (χ1v) is 6.88. The van der Waals surface area contributed by atoms with Gasteiger partial charge in [0.05, 0.1) is 5.69 Å². The third kappa shape index (κ3) is 2.76. The van der Waals surface area contributed by atoms with Gasteiger partial charge in [0.25, 0.3) is 0 Å². The van der Waals surface area contributed by atoms with Gasteiger partial charge in [-0.25, -0.2) is 9.50 Å². The molecule has 0 saturated carbocycles. The van der Waals surface area contributed by atoms with Crippen LogP contribution in [0.15, 0.2) is 30.3 Å². The summed E-state index contributed by atoms with van der Waals surface area (Å²) in [5.74, 6) is 2.21. The number of aromatic nitrogens is 3. The molecule has 0 unspecified atom stereocenters. The minimum atomic E-state index is -4.59. The van der Waals surface area contributed by atoms with Gasteiger partial charge in [-0.2, -0.15) is 18.3 Å². The predicted octanol–water partition coefficient (Wildman–Crippen LogP) is 4.36. The van der Waals surface area contributed by atoms with Crippen LogP contribution in [0.25, 0.3) is 16.9 Å². The van der Waals surface area contributed by atoms with Crippen molar-refractivity contribution in [2.75, 3.05) is 0 Å². The highest BCUT2D eigenvalue weighted by molar-refractivity contribution is 6.31. The molecule has 0 aliphatic heterocycles. The van der Waals surface area contributed by atoms with Crippen molar-refractivity contribution in [3.8, 4) is 23.6 Å². The van der Waals surface area contributed by atoms with Crippen molar-refractivity contribution >= 4 is 17.2 Å². The SMILES string of the molecule is C#Cc1cc2nc(-c3ccc(Cl)c(C)c3)cc(C(F)(F)F)n2n1. The molecule has 0 amide bonds. The molecule has 1 aromatic carbocycles. The van der Waals surface area contributed by atoms with E-state index in [0.717, 1.165) is 11.6 Å². The summed E-state index contributed by atoms with van der Waals surface area (Å²) in [6, 6.07) is 7.20. The highest BCUT2D eigenvalue weighted by atomic mass is 35.5. The second-order valence-electron chi connectivity index (χ2n) is 4.93. The third-order valence-corrected chi connectivity index (χ3v) is 3.74. The maximum Gasteiger partial charge on any atom is 0.433 e. The van der Waals surface area contributed by atoms with Crippen LogP contribution in [-0.2, 0) is 6.18 Å². The maximum absolute atomic E-state index is 13.3. The molecular formula is C16H9ClF3N3. The molecule has 0 saturated heterocycles. The van der Waals surface area contributed by atoms with E-state index in [0.29, 0.717) is 15.1 Å². The van der Waals surface area contributed by atoms with Gasteiger partial charge in [0.2, 0.25) is 0 Å². The lowest BCUT2D eigenvalue weighted by atomic mass is 10.1. The number of benzene rings is 1. The monoisotopic (exact) mass is 335 g/mol. The van der Waals surface area contributed by atoms with Crippen LogP contribution in [0.3, 0.4) is 0 Å². The summed E-state index contributed by atoms with van der Waals surface area (Å²) >= 11 is 5.95. The molecule has 23 heavy (non-hydrogen) atoms. The molecule has 3 rings (SSSR count). The first kappa shape index (κ1) is 15.4. The second kappa shape index (κ2) is 5.28. The Morgan fingerprint density at radius 3 is 2.57 bits per heavy atom. The number of terminal acetylenes is 1. The highest BCUT2D eigenvalue weighted by Crippen LogP contribution is 2.33. The highest BCUT2D eigenvalue weighted by Gasteiger charge is 2.35. The van der Waals surface area contributed by atoms with Gasteiger partial charge < -0.3 is 0 Å². The topological polar surface area (TPSA) is 30.2 Å². The van der Waals surface area contributed by atoms with E-state index >= 15 is 0 Å². The molecular weight excluding hydrogens is 327 g/mol. The molecule has 0 bridgehead atoms. The Labute approximate surface area is 134 Å². The molecule has 3 nitrogen and oxygen atoms in total. The lowest BCUT2D eigenvalue weighted by molar-refractivity contribution is -0.142. The Bertz CT molecular complexity index is 952. The minimum absolute atomic E-state index is 0.0374. The predicted molar refractivity (Wildman–Crippen MR) is 81.1 cm³/mol. The summed E-state index contributed by atoms with van der Waals surface area (Å²) in [6.07, 6.45) is 0.621. The zero-order valence-corrected chi connectivity index (χ0v) is 12.6. The van der Waals surface area contributed by atoms with Gasteiger partial charge in [-0.3, -0.25) is 0 Å². The number of rotatable bonds is 1. The fraction of sp³-hybridized carbons (Fsp3) is 0.125. The van der Waals surface area contributed by atoms with Gasteiger partial charge in [-0.1, -0.05) is 17.7 Å². The number of halogens is 4. The molecule has 3 aromatic rings. The summed E-state index contributed by atoms with van der Waals surface area (Å²) in [6.45, 7) is 1.77. The maximum atomic E-state index is 13.3. The van der Waals surface area contributed by atoms with E-state index in [2.05, 4.69) is 16.0 Å². The molecule has 0 radical (unpaired) electrons. The molecule has 0 aliphatic rings. The number of hydrogen-bond donors (Lipinski definition) is 0. The Balaban J connectivity index is 2.30. The van der Waals surface area contributed by atoms with Gasteiger partial charge in [-0.15, -0.1) is 6.42 Å². The van der Waals surface area contributed by atoms with Crippen molar-refractivity contribution in [1.29, 1.82) is 0 Å². The Kier molecular flexibility index (Phi) is 3.53. The van der Waals surface area contributed by atoms with E-state index in [1.54, 1.807) is 25.1 Å². The lowest BCUT2D eigenvalue weighted by Gasteiger charge is -2.11. The third-order valence-electron chi connectivity index (χ3n) is 3.32. The number of fused-ring (bicyclic) bond motifs is 1. The van der Waals surface area contributed by atoms with E-state index in [4.69, 9.17) is 18.0 Å². The van der Waals surface area contributed by atoms with Crippen molar-refractivity contribution in [1.82, 2.24) is 14.6 Å². The standard InChI is InChI=1S/C16H9ClF3N3/c1-3-11-7-15-21-13(10-4-5-12(17)9(2)6-10)8-14(16(18,19)20)23(15)22-11/h1,4-8H,2H3. The average Bonchev–Trinajstić information content (AvgIpc) is 2.90. The zero-order valence-electron chi connectivity index (χ0n) is 11.8. The lowest BCUT2D eigenvalue weighted by Crippen LogP contribution is -2.13. The Morgan fingerprint density at radius 1 is 1.22 bits per heavy atom. The number of nitrogens with zero attached hydrogens (tertiary/aromatic N) is 3. The molecule has 0 N–H and O–H groups in total. The van der Waals surface area contributed by atoms with Crippen molar-refractivity contribution < 1.29 is 13.2 Å². The van der Waals surface area contributed by atoms with Crippen LogP contribution in [0, 0.1) is 19.3 Å². The molecule has 0 spiro atoms. The van der Waals surface area contributed by atoms with Gasteiger partial charge in [0, 0.05) is 16.7 Å². The normalized spacial score (nSPS) is 11.7. The number of aryl methyl sites for hydroxylation is 1. The van der Waals surface area contributed by atoms with Crippen LogP contribution < -0.4 is 0 Å². The van der Waals surface area contributed by atoms with E-state index in [1.807, 2.05) is 0 Å². The molecule has 0 atom stereocenters. The minimum Gasteiger partial charge on any atom is -0.228 e. The van der Waals surface area contributed by atoms with Crippen molar-refractivity contribution in [3.63, 3.8) is 0 Å². The molecule has 2 aromatic heterocycles. The van der Waals surface area contributed by atoms with Crippen LogP contribution in [0.1, 0.15) is 17.0 Å². The van der Waals surface area contributed by atoms with Crippen LogP contribution in [0.2, 0.25) is 5.02 Å². The fourth-order valence-electron chi connectivity index (χ4n) is 2.20. The van der Waals surface area contributed by atoms with E-state index < -0.39 is 11.9 Å². The smallest absolute Gasteiger partial charge is 0.228 e. The average molecular weight is 336 g/mol. The van der Waals surface area contributed by atoms with Gasteiger partial charge in [-0.05, 0) is 36.6 Å². The molecule has 7 heteroatoms. The van der Waals surface area contributed by atoms with Crippen molar-refractivity contribution in [3.05, 3.63) is 52.3 Å². The van der Waals surface area contributed by atoms with Crippen molar-refractivity contribution in [2.45, 2.75) is 13.1 Å². The molecule has 0 aliphatic carbocycles. The second-order valence-corrected chi connectivity index (χ2v) is 5.34. The summed E-state index contributed by atoms with van der Waals surface area (Å²) < 4.78 is 40.6. The molecule has 0 fully saturated rings. The van der Waals surface area contributed by atoms with E-state index in [9.17, 15) is 13.2 Å². The zero-order chi connectivity index (χ0) is 16.8. The van der Waals surface area contributed by atoms with Crippen LogP contribution in [-0.4, -0.2) is 14.6 Å².